The maximum Gasteiger partial charge on any atom is 0.311 e. The van der Waals surface area contributed by atoms with E-state index in [4.69, 9.17) is 5.11 Å². The third-order valence-corrected chi connectivity index (χ3v) is 1.01. The number of para-hydroxylation sites is 1. The molecule has 0 amide bonds. The zero-order valence-electron chi connectivity index (χ0n) is 4.94. The lowest BCUT2D eigenvalue weighted by atomic mass is 10.3. The first kappa shape index (κ1) is 6.54. The monoisotopic (exact) mass is 138 g/mol. The molecule has 1 N–H and O–H groups in total. The van der Waals surface area contributed by atoms with Gasteiger partial charge >= 0.3 is 5.69 Å². The first-order chi connectivity index (χ1) is 4.72. The van der Waals surface area contributed by atoms with Crippen molar-refractivity contribution < 1.29 is 10.0 Å². The van der Waals surface area contributed by atoms with Crippen LogP contribution in [0.25, 0.3) is 0 Å². The van der Waals surface area contributed by atoms with E-state index < -0.39 is 10.7 Å². The predicted octanol–water partition coefficient (Wildman–Crippen LogP) is 1.10. The van der Waals surface area contributed by atoms with Crippen molar-refractivity contribution in [2.24, 2.45) is 0 Å². The zero-order chi connectivity index (χ0) is 7.56. The summed E-state index contributed by atoms with van der Waals surface area (Å²) in [6, 6.07) is 6.36. The molecule has 0 bridgehead atoms. The van der Waals surface area contributed by atoms with Crippen LogP contribution in [0.15, 0.2) is 18.2 Å². The molecule has 4 nitrogen and oxygen atoms in total. The van der Waals surface area contributed by atoms with E-state index in [1.165, 1.54) is 18.2 Å². The first-order valence-electron chi connectivity index (χ1n) is 2.56. The molecule has 0 spiro atoms. The van der Waals surface area contributed by atoms with Gasteiger partial charge in [-0.3, -0.25) is 10.1 Å². The van der Waals surface area contributed by atoms with Gasteiger partial charge in [-0.15, -0.1) is 0 Å². The van der Waals surface area contributed by atoms with E-state index in [1.807, 2.05) is 0 Å². The number of nitro groups is 1. The summed E-state index contributed by atoms with van der Waals surface area (Å²) in [7, 11) is 0. The van der Waals surface area contributed by atoms with Gasteiger partial charge in [-0.2, -0.15) is 0 Å². The minimum Gasteiger partial charge on any atom is -0.502 e. The van der Waals surface area contributed by atoms with Crippen molar-refractivity contribution in [3.63, 3.8) is 0 Å². The number of nitrogens with zero attached hydrogens (tertiary/aromatic N) is 1. The number of phenols is 1. The number of rotatable bonds is 1. The van der Waals surface area contributed by atoms with Gasteiger partial charge in [0.2, 0.25) is 5.75 Å². The molecule has 4 heteroatoms. The summed E-state index contributed by atoms with van der Waals surface area (Å²) in [5.41, 5.74) is -0.317. The van der Waals surface area contributed by atoms with Crippen LogP contribution in [0.4, 0.5) is 5.69 Å². The van der Waals surface area contributed by atoms with Crippen molar-refractivity contribution in [3.05, 3.63) is 34.4 Å². The van der Waals surface area contributed by atoms with Crippen LogP contribution in [0.3, 0.4) is 0 Å². The summed E-state index contributed by atoms with van der Waals surface area (Å²) in [4.78, 5) is 9.39. The van der Waals surface area contributed by atoms with Gasteiger partial charge in [0.05, 0.1) is 4.92 Å². The molecular formula is C6H4NO3. The predicted molar refractivity (Wildman–Crippen MR) is 33.6 cm³/mol. The van der Waals surface area contributed by atoms with Crippen molar-refractivity contribution >= 4 is 5.69 Å². The lowest BCUT2D eigenvalue weighted by molar-refractivity contribution is -0.385. The molecule has 1 aromatic carbocycles. The molecule has 1 rings (SSSR count). The van der Waals surface area contributed by atoms with E-state index >= 15 is 0 Å². The minimum atomic E-state index is -0.661. The SMILES string of the molecule is O=[N+]([O-])c1ccc[c]c1O. The second kappa shape index (κ2) is 2.34. The summed E-state index contributed by atoms with van der Waals surface area (Å²) in [5.74, 6) is -0.424. The van der Waals surface area contributed by atoms with Crippen molar-refractivity contribution in [1.29, 1.82) is 0 Å². The Labute approximate surface area is 56.9 Å². The molecule has 0 fully saturated rings. The van der Waals surface area contributed by atoms with Crippen LogP contribution < -0.4 is 0 Å². The molecule has 0 saturated heterocycles. The Kier molecular flexibility index (Phi) is 1.53. The summed E-state index contributed by atoms with van der Waals surface area (Å²) < 4.78 is 0. The number of hydrogen-bond donors (Lipinski definition) is 1. The molecule has 0 aliphatic rings. The summed E-state index contributed by atoms with van der Waals surface area (Å²) >= 11 is 0. The van der Waals surface area contributed by atoms with Crippen LogP contribution >= 0.6 is 0 Å². The Morgan fingerprint density at radius 2 is 2.40 bits per heavy atom. The molecule has 10 heavy (non-hydrogen) atoms. The Hall–Kier alpha value is -1.58. The Morgan fingerprint density at radius 1 is 1.70 bits per heavy atom. The standard InChI is InChI=1S/C6H4NO3/c8-6-4-2-1-3-5(6)7(9)10/h1-3,8H. The lowest BCUT2D eigenvalue weighted by Gasteiger charge is -1.90. The average molecular weight is 138 g/mol. The highest BCUT2D eigenvalue weighted by atomic mass is 16.6. The number of hydrogen-bond acceptors (Lipinski definition) is 3. The van der Waals surface area contributed by atoms with E-state index in [0.717, 1.165) is 0 Å². The number of benzene rings is 1. The van der Waals surface area contributed by atoms with Gasteiger partial charge in [-0.25, -0.2) is 0 Å². The first-order valence-corrected chi connectivity index (χ1v) is 2.56. The summed E-state index contributed by atoms with van der Waals surface area (Å²) in [6.07, 6.45) is 0. The van der Waals surface area contributed by atoms with Gasteiger partial charge < -0.3 is 5.11 Å². The van der Waals surface area contributed by atoms with Crippen LogP contribution in [-0.2, 0) is 0 Å². The molecular weight excluding hydrogens is 134 g/mol. The van der Waals surface area contributed by atoms with Crippen molar-refractivity contribution in [1.82, 2.24) is 0 Å². The Morgan fingerprint density at radius 3 is 2.80 bits per heavy atom. The van der Waals surface area contributed by atoms with Crippen LogP contribution in [0.1, 0.15) is 0 Å². The minimum absolute atomic E-state index is 0.317. The Bertz CT molecular complexity index is 259. The van der Waals surface area contributed by atoms with Gasteiger partial charge in [0, 0.05) is 12.1 Å². The number of aromatic hydroxyl groups is 1. The molecule has 0 aliphatic heterocycles. The fraction of sp³-hybridized carbons (Fsp3) is 0. The molecule has 1 radical (unpaired) electrons. The van der Waals surface area contributed by atoms with Crippen LogP contribution in [-0.4, -0.2) is 10.0 Å². The lowest BCUT2D eigenvalue weighted by Crippen LogP contribution is -1.86. The van der Waals surface area contributed by atoms with Crippen LogP contribution in [0, 0.1) is 16.2 Å². The summed E-state index contributed by atoms with van der Waals surface area (Å²) in [6.45, 7) is 0. The highest BCUT2D eigenvalue weighted by molar-refractivity contribution is 5.43. The molecule has 0 aliphatic carbocycles. The van der Waals surface area contributed by atoms with Crippen LogP contribution in [0.5, 0.6) is 5.75 Å². The van der Waals surface area contributed by atoms with Gasteiger partial charge in [-0.1, -0.05) is 6.07 Å². The van der Waals surface area contributed by atoms with E-state index in [1.54, 1.807) is 0 Å². The van der Waals surface area contributed by atoms with Crippen molar-refractivity contribution in [2.75, 3.05) is 0 Å². The fourth-order valence-electron chi connectivity index (χ4n) is 0.567. The van der Waals surface area contributed by atoms with E-state index in [2.05, 4.69) is 6.07 Å². The zero-order valence-corrected chi connectivity index (χ0v) is 4.94. The summed E-state index contributed by atoms with van der Waals surface area (Å²) in [5, 5.41) is 18.8. The maximum absolute atomic E-state index is 10.0. The van der Waals surface area contributed by atoms with Crippen molar-refractivity contribution in [2.45, 2.75) is 0 Å². The molecule has 0 aromatic heterocycles. The second-order valence-corrected chi connectivity index (χ2v) is 1.66. The largest absolute Gasteiger partial charge is 0.502 e. The van der Waals surface area contributed by atoms with E-state index in [9.17, 15) is 10.1 Å². The smallest absolute Gasteiger partial charge is 0.311 e. The molecule has 0 unspecified atom stereocenters. The third kappa shape index (κ3) is 1.05. The normalized spacial score (nSPS) is 9.20. The molecule has 51 valence electrons. The molecule has 0 atom stereocenters. The number of phenolic OH excluding ortho intramolecular Hbond substituents is 1. The molecule has 0 heterocycles. The quantitative estimate of drug-likeness (QED) is 0.466. The topological polar surface area (TPSA) is 63.4 Å². The third-order valence-electron chi connectivity index (χ3n) is 1.01. The highest BCUT2D eigenvalue weighted by Gasteiger charge is 2.09. The molecule has 1 aromatic rings. The van der Waals surface area contributed by atoms with Gasteiger partial charge in [-0.05, 0) is 6.07 Å². The van der Waals surface area contributed by atoms with E-state index in [0.29, 0.717) is 0 Å². The number of nitro benzene ring substituents is 1. The fourth-order valence-corrected chi connectivity index (χ4v) is 0.567. The van der Waals surface area contributed by atoms with Crippen molar-refractivity contribution in [3.8, 4) is 5.75 Å². The van der Waals surface area contributed by atoms with E-state index in [-0.39, 0.29) is 5.69 Å². The van der Waals surface area contributed by atoms with Gasteiger partial charge in [0.15, 0.2) is 0 Å². The highest BCUT2D eigenvalue weighted by Crippen LogP contribution is 2.22. The second-order valence-electron chi connectivity index (χ2n) is 1.66. The van der Waals surface area contributed by atoms with Crippen LogP contribution in [0.2, 0.25) is 0 Å². The van der Waals surface area contributed by atoms with Gasteiger partial charge in [0.1, 0.15) is 0 Å². The maximum atomic E-state index is 10.0. The Balaban J connectivity index is 3.15. The van der Waals surface area contributed by atoms with Gasteiger partial charge in [0.25, 0.3) is 0 Å². The average Bonchev–Trinajstić information content (AvgIpc) is 1.88. The molecule has 0 saturated carbocycles.